The lowest BCUT2D eigenvalue weighted by Crippen LogP contribution is -2.50. The molecule has 2 nitrogen and oxygen atoms in total. The van der Waals surface area contributed by atoms with Crippen LogP contribution in [0, 0.1) is 0 Å². The Balaban J connectivity index is 1.92. The van der Waals surface area contributed by atoms with Crippen LogP contribution < -0.4 is 5.32 Å². The first-order valence-electron chi connectivity index (χ1n) is 6.37. The lowest BCUT2D eigenvalue weighted by Gasteiger charge is -2.36. The summed E-state index contributed by atoms with van der Waals surface area (Å²) in [5.41, 5.74) is 1.97. The van der Waals surface area contributed by atoms with Gasteiger partial charge in [-0.3, -0.25) is 4.90 Å². The molecule has 1 atom stereocenters. The van der Waals surface area contributed by atoms with E-state index in [0.29, 0.717) is 5.54 Å². The highest BCUT2D eigenvalue weighted by Gasteiger charge is 2.33. The molecule has 0 aliphatic carbocycles. The highest BCUT2D eigenvalue weighted by Crippen LogP contribution is 2.25. The lowest BCUT2D eigenvalue weighted by molar-refractivity contribution is 0.196. The minimum absolute atomic E-state index is 0.428. The third-order valence-electron chi connectivity index (χ3n) is 3.95. The van der Waals surface area contributed by atoms with Crippen LogP contribution in [0.3, 0.4) is 0 Å². The molecular formula is C13H24N2. The van der Waals surface area contributed by atoms with Gasteiger partial charge >= 0.3 is 0 Å². The fourth-order valence-electron chi connectivity index (χ4n) is 2.97. The molecule has 15 heavy (non-hydrogen) atoms. The Kier molecular flexibility index (Phi) is 3.47. The van der Waals surface area contributed by atoms with Crippen LogP contribution in [-0.2, 0) is 0 Å². The molecule has 2 heterocycles. The quantitative estimate of drug-likeness (QED) is 0.715. The Morgan fingerprint density at radius 2 is 2.40 bits per heavy atom. The van der Waals surface area contributed by atoms with E-state index >= 15 is 0 Å². The average molecular weight is 208 g/mol. The summed E-state index contributed by atoms with van der Waals surface area (Å²) in [6.45, 7) is 9.48. The summed E-state index contributed by atoms with van der Waals surface area (Å²) in [5.74, 6) is 0. The van der Waals surface area contributed by atoms with Crippen molar-refractivity contribution in [3.8, 4) is 0 Å². The van der Waals surface area contributed by atoms with Crippen LogP contribution in [0.2, 0.25) is 0 Å². The van der Waals surface area contributed by atoms with Crippen LogP contribution in [0.25, 0.3) is 0 Å². The number of rotatable bonds is 3. The van der Waals surface area contributed by atoms with E-state index < -0.39 is 0 Å². The maximum Gasteiger partial charge on any atom is 0.0306 e. The van der Waals surface area contributed by atoms with Crippen molar-refractivity contribution in [1.82, 2.24) is 10.2 Å². The molecule has 86 valence electrons. The highest BCUT2D eigenvalue weighted by atomic mass is 15.2. The van der Waals surface area contributed by atoms with Crippen LogP contribution in [-0.4, -0.2) is 36.6 Å². The zero-order valence-corrected chi connectivity index (χ0v) is 10.2. The molecule has 1 saturated heterocycles. The van der Waals surface area contributed by atoms with Crippen molar-refractivity contribution >= 4 is 0 Å². The van der Waals surface area contributed by atoms with E-state index in [4.69, 9.17) is 0 Å². The van der Waals surface area contributed by atoms with Crippen molar-refractivity contribution < 1.29 is 0 Å². The van der Waals surface area contributed by atoms with Gasteiger partial charge in [-0.25, -0.2) is 0 Å². The summed E-state index contributed by atoms with van der Waals surface area (Å²) in [7, 11) is 0. The standard InChI is InChI=1S/C13H24N2/c1-3-13(7-5-8-14-13)11-15-9-4-6-12(2)10-15/h6,14H,3-5,7-11H2,1-2H3. The van der Waals surface area contributed by atoms with E-state index in [0.717, 1.165) is 0 Å². The fourth-order valence-corrected chi connectivity index (χ4v) is 2.97. The molecule has 2 rings (SSSR count). The van der Waals surface area contributed by atoms with E-state index in [1.165, 1.54) is 51.9 Å². The molecule has 1 fully saturated rings. The maximum atomic E-state index is 3.72. The predicted octanol–water partition coefficient (Wildman–Crippen LogP) is 2.17. The van der Waals surface area contributed by atoms with E-state index in [2.05, 4.69) is 30.1 Å². The van der Waals surface area contributed by atoms with Gasteiger partial charge in [0.1, 0.15) is 0 Å². The van der Waals surface area contributed by atoms with Gasteiger partial charge in [0.05, 0.1) is 0 Å². The second kappa shape index (κ2) is 4.67. The minimum atomic E-state index is 0.428. The van der Waals surface area contributed by atoms with Gasteiger partial charge in [0.25, 0.3) is 0 Å². The summed E-state index contributed by atoms with van der Waals surface area (Å²) in [4.78, 5) is 2.62. The summed E-state index contributed by atoms with van der Waals surface area (Å²) in [5, 5.41) is 3.72. The topological polar surface area (TPSA) is 15.3 Å². The molecule has 0 radical (unpaired) electrons. The molecule has 2 aliphatic rings. The highest BCUT2D eigenvalue weighted by molar-refractivity contribution is 5.06. The molecule has 0 aromatic carbocycles. The first kappa shape index (κ1) is 11.2. The van der Waals surface area contributed by atoms with Crippen LogP contribution in [0.1, 0.15) is 39.5 Å². The van der Waals surface area contributed by atoms with Crippen molar-refractivity contribution in [3.05, 3.63) is 11.6 Å². The van der Waals surface area contributed by atoms with Gasteiger partial charge in [-0.05, 0) is 39.2 Å². The Hall–Kier alpha value is -0.340. The van der Waals surface area contributed by atoms with Crippen LogP contribution >= 0.6 is 0 Å². The van der Waals surface area contributed by atoms with Gasteiger partial charge in [-0.15, -0.1) is 0 Å². The Labute approximate surface area is 93.7 Å². The molecule has 2 heteroatoms. The number of nitrogens with one attached hydrogen (secondary N) is 1. The Bertz CT molecular complexity index is 239. The second-order valence-corrected chi connectivity index (χ2v) is 5.21. The lowest BCUT2D eigenvalue weighted by atomic mass is 9.92. The summed E-state index contributed by atoms with van der Waals surface area (Å²) >= 11 is 0. The summed E-state index contributed by atoms with van der Waals surface area (Å²) in [6, 6.07) is 0. The van der Waals surface area contributed by atoms with E-state index in [1.54, 1.807) is 5.57 Å². The van der Waals surface area contributed by atoms with Crippen molar-refractivity contribution in [1.29, 1.82) is 0 Å². The zero-order valence-electron chi connectivity index (χ0n) is 10.2. The smallest absolute Gasteiger partial charge is 0.0306 e. The normalized spacial score (nSPS) is 33.1. The van der Waals surface area contributed by atoms with Crippen molar-refractivity contribution in [3.63, 3.8) is 0 Å². The molecule has 1 unspecified atom stereocenters. The van der Waals surface area contributed by atoms with Crippen LogP contribution in [0.15, 0.2) is 11.6 Å². The number of hydrogen-bond acceptors (Lipinski definition) is 2. The van der Waals surface area contributed by atoms with Gasteiger partial charge < -0.3 is 5.32 Å². The van der Waals surface area contributed by atoms with Crippen molar-refractivity contribution in [2.45, 2.75) is 45.1 Å². The third kappa shape index (κ3) is 2.61. The maximum absolute atomic E-state index is 3.72. The first-order chi connectivity index (χ1) is 7.24. The SMILES string of the molecule is CCC1(CN2CCC=C(C)C2)CCCN1. The van der Waals surface area contributed by atoms with Crippen LogP contribution in [0.4, 0.5) is 0 Å². The van der Waals surface area contributed by atoms with Crippen molar-refractivity contribution in [2.75, 3.05) is 26.2 Å². The number of nitrogens with zero attached hydrogens (tertiary/aromatic N) is 1. The van der Waals surface area contributed by atoms with E-state index in [9.17, 15) is 0 Å². The van der Waals surface area contributed by atoms with E-state index in [1.807, 2.05) is 0 Å². The molecular weight excluding hydrogens is 184 g/mol. The predicted molar refractivity (Wildman–Crippen MR) is 65.1 cm³/mol. The number of hydrogen-bond donors (Lipinski definition) is 1. The molecule has 1 N–H and O–H groups in total. The molecule has 0 amide bonds. The second-order valence-electron chi connectivity index (χ2n) is 5.21. The zero-order chi connectivity index (χ0) is 10.7. The van der Waals surface area contributed by atoms with Gasteiger partial charge in [-0.2, -0.15) is 0 Å². The third-order valence-corrected chi connectivity index (χ3v) is 3.95. The molecule has 0 aromatic heterocycles. The van der Waals surface area contributed by atoms with Crippen LogP contribution in [0.5, 0.6) is 0 Å². The summed E-state index contributed by atoms with van der Waals surface area (Å²) < 4.78 is 0. The van der Waals surface area contributed by atoms with Gasteiger partial charge in [0.15, 0.2) is 0 Å². The average Bonchev–Trinajstić information content (AvgIpc) is 2.67. The molecule has 2 aliphatic heterocycles. The minimum Gasteiger partial charge on any atom is -0.310 e. The molecule has 0 saturated carbocycles. The molecule has 0 aromatic rings. The summed E-state index contributed by atoms with van der Waals surface area (Å²) in [6.07, 6.45) is 7.62. The van der Waals surface area contributed by atoms with E-state index in [-0.39, 0.29) is 0 Å². The Morgan fingerprint density at radius 1 is 1.53 bits per heavy atom. The van der Waals surface area contributed by atoms with Gasteiger partial charge in [0, 0.05) is 25.2 Å². The monoisotopic (exact) mass is 208 g/mol. The Morgan fingerprint density at radius 3 is 3.00 bits per heavy atom. The van der Waals surface area contributed by atoms with Gasteiger partial charge in [-0.1, -0.05) is 18.6 Å². The molecule has 0 spiro atoms. The van der Waals surface area contributed by atoms with Gasteiger partial charge in [0.2, 0.25) is 0 Å². The molecule has 0 bridgehead atoms. The van der Waals surface area contributed by atoms with Crippen molar-refractivity contribution in [2.24, 2.45) is 0 Å². The fraction of sp³-hybridized carbons (Fsp3) is 0.846. The first-order valence-corrected chi connectivity index (χ1v) is 6.37. The largest absolute Gasteiger partial charge is 0.310 e.